The van der Waals surface area contributed by atoms with Crippen molar-refractivity contribution in [2.45, 2.75) is 6.42 Å². The van der Waals surface area contributed by atoms with Crippen molar-refractivity contribution in [2.24, 2.45) is 0 Å². The van der Waals surface area contributed by atoms with Gasteiger partial charge in [0.1, 0.15) is 0 Å². The summed E-state index contributed by atoms with van der Waals surface area (Å²) in [4.78, 5) is 13.8. The standard InChI is InChI=1S/C13H20BrN3O/c1-17(2)9-5-8-15-10-13(18)16-12-7-4-3-6-11(12)14/h3-4,6-7,15H,5,8-10H2,1-2H3,(H,16,18). The number of benzene rings is 1. The Labute approximate surface area is 117 Å². The lowest BCUT2D eigenvalue weighted by atomic mass is 10.3. The molecule has 0 fully saturated rings. The lowest BCUT2D eigenvalue weighted by molar-refractivity contribution is -0.115. The smallest absolute Gasteiger partial charge is 0.238 e. The van der Waals surface area contributed by atoms with Gasteiger partial charge in [-0.3, -0.25) is 4.79 Å². The van der Waals surface area contributed by atoms with Crippen LogP contribution in [0.5, 0.6) is 0 Å². The van der Waals surface area contributed by atoms with Crippen molar-refractivity contribution in [3.05, 3.63) is 28.7 Å². The Morgan fingerprint density at radius 1 is 1.33 bits per heavy atom. The Bertz CT molecular complexity index is 382. The minimum atomic E-state index is -0.0215. The van der Waals surface area contributed by atoms with Crippen LogP contribution in [-0.4, -0.2) is 44.5 Å². The number of para-hydroxylation sites is 1. The molecule has 0 atom stereocenters. The van der Waals surface area contributed by atoms with Crippen molar-refractivity contribution < 1.29 is 4.79 Å². The first-order chi connectivity index (χ1) is 8.59. The van der Waals surface area contributed by atoms with Crippen LogP contribution >= 0.6 is 15.9 Å². The molecular formula is C13H20BrN3O. The highest BCUT2D eigenvalue weighted by Crippen LogP contribution is 2.20. The second-order valence-corrected chi connectivity index (χ2v) is 5.22. The van der Waals surface area contributed by atoms with Crippen molar-refractivity contribution in [1.82, 2.24) is 10.2 Å². The molecule has 1 rings (SSSR count). The van der Waals surface area contributed by atoms with E-state index < -0.39 is 0 Å². The second kappa shape index (κ2) is 8.24. The molecule has 0 aliphatic rings. The number of anilines is 1. The Hall–Kier alpha value is -0.910. The van der Waals surface area contributed by atoms with Crippen molar-refractivity contribution in [3.63, 3.8) is 0 Å². The van der Waals surface area contributed by atoms with Gasteiger partial charge in [0.25, 0.3) is 0 Å². The number of rotatable bonds is 7. The first kappa shape index (κ1) is 15.1. The Morgan fingerprint density at radius 3 is 2.72 bits per heavy atom. The van der Waals surface area contributed by atoms with Crippen LogP contribution in [0.25, 0.3) is 0 Å². The van der Waals surface area contributed by atoms with E-state index in [1.165, 1.54) is 0 Å². The number of carbonyl (C=O) groups excluding carboxylic acids is 1. The molecule has 2 N–H and O–H groups in total. The van der Waals surface area contributed by atoms with Crippen LogP contribution in [0.2, 0.25) is 0 Å². The molecule has 0 saturated heterocycles. The normalized spacial score (nSPS) is 10.7. The molecule has 0 radical (unpaired) electrons. The number of hydrogen-bond acceptors (Lipinski definition) is 3. The summed E-state index contributed by atoms with van der Waals surface area (Å²) in [6, 6.07) is 7.58. The van der Waals surface area contributed by atoms with E-state index in [4.69, 9.17) is 0 Å². The zero-order valence-corrected chi connectivity index (χ0v) is 12.5. The highest BCUT2D eigenvalue weighted by atomic mass is 79.9. The van der Waals surface area contributed by atoms with Gasteiger partial charge in [-0.05, 0) is 61.7 Å². The average molecular weight is 314 g/mol. The molecule has 0 unspecified atom stereocenters. The lowest BCUT2D eigenvalue weighted by Crippen LogP contribution is -2.30. The van der Waals surface area contributed by atoms with Crippen molar-refractivity contribution >= 4 is 27.5 Å². The first-order valence-electron chi connectivity index (χ1n) is 5.99. The minimum Gasteiger partial charge on any atom is -0.324 e. The monoisotopic (exact) mass is 313 g/mol. The van der Waals surface area contributed by atoms with E-state index in [1.54, 1.807) is 0 Å². The van der Waals surface area contributed by atoms with Gasteiger partial charge < -0.3 is 15.5 Å². The lowest BCUT2D eigenvalue weighted by Gasteiger charge is -2.10. The number of amides is 1. The van der Waals surface area contributed by atoms with E-state index in [9.17, 15) is 4.79 Å². The van der Waals surface area contributed by atoms with Crippen LogP contribution in [0.4, 0.5) is 5.69 Å². The molecule has 0 bridgehead atoms. The quantitative estimate of drug-likeness (QED) is 0.756. The van der Waals surface area contributed by atoms with E-state index in [0.29, 0.717) is 6.54 Å². The fourth-order valence-electron chi connectivity index (χ4n) is 1.48. The first-order valence-corrected chi connectivity index (χ1v) is 6.78. The van der Waals surface area contributed by atoms with Gasteiger partial charge in [0.05, 0.1) is 12.2 Å². The molecule has 5 heteroatoms. The number of carbonyl (C=O) groups is 1. The van der Waals surface area contributed by atoms with Crippen LogP contribution in [0.3, 0.4) is 0 Å². The molecule has 1 amide bonds. The topological polar surface area (TPSA) is 44.4 Å². The number of nitrogens with one attached hydrogen (secondary N) is 2. The maximum Gasteiger partial charge on any atom is 0.238 e. The number of nitrogens with zero attached hydrogens (tertiary/aromatic N) is 1. The molecule has 0 aliphatic heterocycles. The van der Waals surface area contributed by atoms with Gasteiger partial charge in [-0.25, -0.2) is 0 Å². The van der Waals surface area contributed by atoms with Crippen LogP contribution in [-0.2, 0) is 4.79 Å². The molecular weight excluding hydrogens is 294 g/mol. The highest BCUT2D eigenvalue weighted by Gasteiger charge is 2.03. The Kier molecular flexibility index (Phi) is 6.93. The molecule has 100 valence electrons. The van der Waals surface area contributed by atoms with Crippen LogP contribution < -0.4 is 10.6 Å². The Morgan fingerprint density at radius 2 is 2.06 bits per heavy atom. The SMILES string of the molecule is CN(C)CCCNCC(=O)Nc1ccccc1Br. The zero-order valence-electron chi connectivity index (χ0n) is 10.9. The summed E-state index contributed by atoms with van der Waals surface area (Å²) < 4.78 is 0.894. The summed E-state index contributed by atoms with van der Waals surface area (Å²) in [7, 11) is 4.08. The predicted molar refractivity (Wildman–Crippen MR) is 78.8 cm³/mol. The fourth-order valence-corrected chi connectivity index (χ4v) is 1.86. The average Bonchev–Trinajstić information content (AvgIpc) is 2.31. The van der Waals surface area contributed by atoms with Crippen LogP contribution in [0.1, 0.15) is 6.42 Å². The maximum absolute atomic E-state index is 11.7. The van der Waals surface area contributed by atoms with Crippen molar-refractivity contribution in [3.8, 4) is 0 Å². The van der Waals surface area contributed by atoms with E-state index in [2.05, 4.69) is 31.5 Å². The molecule has 0 heterocycles. The third kappa shape index (κ3) is 6.14. The van der Waals surface area contributed by atoms with E-state index in [1.807, 2.05) is 38.4 Å². The summed E-state index contributed by atoms with van der Waals surface area (Å²) >= 11 is 3.39. The summed E-state index contributed by atoms with van der Waals surface area (Å²) in [6.45, 7) is 2.22. The van der Waals surface area contributed by atoms with E-state index >= 15 is 0 Å². The zero-order chi connectivity index (χ0) is 13.4. The minimum absolute atomic E-state index is 0.0215. The summed E-state index contributed by atoms with van der Waals surface area (Å²) in [5.41, 5.74) is 0.803. The van der Waals surface area contributed by atoms with E-state index in [0.717, 1.165) is 29.7 Å². The van der Waals surface area contributed by atoms with Gasteiger partial charge in [-0.2, -0.15) is 0 Å². The summed E-state index contributed by atoms with van der Waals surface area (Å²) in [5.74, 6) is -0.0215. The van der Waals surface area contributed by atoms with Crippen molar-refractivity contribution in [1.29, 1.82) is 0 Å². The highest BCUT2D eigenvalue weighted by molar-refractivity contribution is 9.10. The van der Waals surface area contributed by atoms with Gasteiger partial charge in [-0.15, -0.1) is 0 Å². The second-order valence-electron chi connectivity index (χ2n) is 4.36. The summed E-state index contributed by atoms with van der Waals surface area (Å²) in [5, 5.41) is 5.98. The molecule has 0 spiro atoms. The molecule has 0 saturated carbocycles. The number of hydrogen-bond donors (Lipinski definition) is 2. The molecule has 4 nitrogen and oxygen atoms in total. The van der Waals surface area contributed by atoms with Gasteiger partial charge in [0.15, 0.2) is 0 Å². The fraction of sp³-hybridized carbons (Fsp3) is 0.462. The maximum atomic E-state index is 11.7. The molecule has 0 aliphatic carbocycles. The third-order valence-electron chi connectivity index (χ3n) is 2.39. The number of halogens is 1. The van der Waals surface area contributed by atoms with Crippen LogP contribution in [0, 0.1) is 0 Å². The molecule has 18 heavy (non-hydrogen) atoms. The van der Waals surface area contributed by atoms with Crippen molar-refractivity contribution in [2.75, 3.05) is 39.0 Å². The predicted octanol–water partition coefficient (Wildman–Crippen LogP) is 1.93. The van der Waals surface area contributed by atoms with Gasteiger partial charge >= 0.3 is 0 Å². The molecule has 1 aromatic carbocycles. The molecule has 1 aromatic rings. The largest absolute Gasteiger partial charge is 0.324 e. The van der Waals surface area contributed by atoms with E-state index in [-0.39, 0.29) is 5.91 Å². The summed E-state index contributed by atoms with van der Waals surface area (Å²) in [6.07, 6.45) is 1.04. The van der Waals surface area contributed by atoms with Crippen LogP contribution in [0.15, 0.2) is 28.7 Å². The Balaban J connectivity index is 2.20. The van der Waals surface area contributed by atoms with Gasteiger partial charge in [-0.1, -0.05) is 12.1 Å². The molecule has 0 aromatic heterocycles. The third-order valence-corrected chi connectivity index (χ3v) is 3.08. The van der Waals surface area contributed by atoms with Gasteiger partial charge in [0.2, 0.25) is 5.91 Å². The van der Waals surface area contributed by atoms with Gasteiger partial charge in [0, 0.05) is 4.47 Å².